The Labute approximate surface area is 108 Å². The van der Waals surface area contributed by atoms with Crippen LogP contribution in [0.1, 0.15) is 17.0 Å². The van der Waals surface area contributed by atoms with E-state index >= 15 is 0 Å². The first-order valence-electron chi connectivity index (χ1n) is 5.11. The van der Waals surface area contributed by atoms with E-state index in [1.165, 1.54) is 17.0 Å². The van der Waals surface area contributed by atoms with Crippen LogP contribution in [0.5, 0.6) is 0 Å². The molecule has 0 aromatic carbocycles. The highest BCUT2D eigenvalue weighted by Gasteiger charge is 2.12. The number of hydrogen-bond acceptors (Lipinski definition) is 5. The quantitative estimate of drug-likeness (QED) is 0.784. The van der Waals surface area contributed by atoms with Gasteiger partial charge >= 0.3 is 5.97 Å². The molecule has 7 heteroatoms. The lowest BCUT2D eigenvalue weighted by Gasteiger charge is -2.14. The summed E-state index contributed by atoms with van der Waals surface area (Å²) in [6.07, 6.45) is 0.289. The van der Waals surface area contributed by atoms with E-state index in [-0.39, 0.29) is 23.8 Å². The number of furan rings is 1. The van der Waals surface area contributed by atoms with E-state index in [4.69, 9.17) is 14.8 Å². The van der Waals surface area contributed by atoms with Crippen LogP contribution in [-0.2, 0) is 4.79 Å². The number of amides is 1. The summed E-state index contributed by atoms with van der Waals surface area (Å²) in [7, 11) is 1.62. The third kappa shape index (κ3) is 4.14. The standard InChI is InChI=1S/C11H12N2O4S/c1-13(6-2-5-12)9(14)7-18-10-4-3-8(17-10)11(15)16/h3-4H,2,6-7H2,1H3,(H,15,16). The summed E-state index contributed by atoms with van der Waals surface area (Å²) >= 11 is 1.12. The molecular weight excluding hydrogens is 256 g/mol. The number of carbonyl (C=O) groups is 2. The minimum absolute atomic E-state index is 0.136. The number of aromatic carboxylic acids is 1. The normalized spacial score (nSPS) is 9.78. The maximum Gasteiger partial charge on any atom is 0.371 e. The van der Waals surface area contributed by atoms with Gasteiger partial charge in [-0.05, 0) is 12.1 Å². The van der Waals surface area contributed by atoms with Crippen molar-refractivity contribution in [2.75, 3.05) is 19.3 Å². The predicted octanol–water partition coefficient (Wildman–Crippen LogP) is 1.44. The Bertz CT molecular complexity index is 478. The fraction of sp³-hybridized carbons (Fsp3) is 0.364. The summed E-state index contributed by atoms with van der Waals surface area (Å²) in [5, 5.41) is 17.4. The van der Waals surface area contributed by atoms with Crippen molar-refractivity contribution in [1.82, 2.24) is 4.90 Å². The number of carboxylic acid groups (broad SMARTS) is 1. The average Bonchev–Trinajstić information content (AvgIpc) is 2.81. The molecule has 0 fully saturated rings. The summed E-state index contributed by atoms with van der Waals surface area (Å²) < 4.78 is 5.00. The minimum Gasteiger partial charge on any atom is -0.475 e. The minimum atomic E-state index is -1.14. The molecule has 0 radical (unpaired) electrons. The summed E-state index contributed by atoms with van der Waals surface area (Å²) in [5.74, 6) is -1.28. The number of nitrogens with zero attached hydrogens (tertiary/aromatic N) is 2. The van der Waals surface area contributed by atoms with Crippen molar-refractivity contribution in [2.24, 2.45) is 0 Å². The van der Waals surface area contributed by atoms with Crippen molar-refractivity contribution < 1.29 is 19.1 Å². The largest absolute Gasteiger partial charge is 0.475 e. The van der Waals surface area contributed by atoms with Crippen molar-refractivity contribution in [3.63, 3.8) is 0 Å². The molecule has 0 aliphatic rings. The molecule has 0 bridgehead atoms. The molecule has 96 valence electrons. The zero-order chi connectivity index (χ0) is 13.5. The first kappa shape index (κ1) is 14.1. The molecule has 0 unspecified atom stereocenters. The summed E-state index contributed by atoms with van der Waals surface area (Å²) in [6, 6.07) is 4.81. The molecule has 0 aliphatic heterocycles. The number of thioether (sulfide) groups is 1. The van der Waals surface area contributed by atoms with Crippen LogP contribution in [0.25, 0.3) is 0 Å². The van der Waals surface area contributed by atoms with E-state index < -0.39 is 5.97 Å². The molecule has 0 saturated carbocycles. The Kier molecular flexibility index (Phi) is 5.27. The van der Waals surface area contributed by atoms with Crippen LogP contribution < -0.4 is 0 Å². The van der Waals surface area contributed by atoms with Gasteiger partial charge in [0.25, 0.3) is 0 Å². The van der Waals surface area contributed by atoms with Crippen LogP contribution in [0.15, 0.2) is 21.6 Å². The van der Waals surface area contributed by atoms with Crippen molar-refractivity contribution >= 4 is 23.6 Å². The highest BCUT2D eigenvalue weighted by molar-refractivity contribution is 7.99. The zero-order valence-electron chi connectivity index (χ0n) is 9.75. The molecule has 1 heterocycles. The van der Waals surface area contributed by atoms with Gasteiger partial charge in [0.1, 0.15) is 0 Å². The molecule has 6 nitrogen and oxygen atoms in total. The maximum atomic E-state index is 11.6. The molecule has 1 N–H and O–H groups in total. The number of hydrogen-bond donors (Lipinski definition) is 1. The van der Waals surface area contributed by atoms with Crippen molar-refractivity contribution in [2.45, 2.75) is 11.5 Å². The lowest BCUT2D eigenvalue weighted by molar-refractivity contribution is -0.127. The summed E-state index contributed by atoms with van der Waals surface area (Å²) in [6.45, 7) is 0.383. The molecule has 18 heavy (non-hydrogen) atoms. The lowest BCUT2D eigenvalue weighted by atomic mass is 10.4. The van der Waals surface area contributed by atoms with Crippen molar-refractivity contribution in [3.8, 4) is 6.07 Å². The monoisotopic (exact) mass is 268 g/mol. The fourth-order valence-corrected chi connectivity index (χ4v) is 1.90. The van der Waals surface area contributed by atoms with Crippen molar-refractivity contribution in [1.29, 1.82) is 5.26 Å². The van der Waals surface area contributed by atoms with Crippen LogP contribution in [0.4, 0.5) is 0 Å². The lowest BCUT2D eigenvalue weighted by Crippen LogP contribution is -2.29. The molecule has 0 atom stereocenters. The van der Waals surface area contributed by atoms with Gasteiger partial charge in [-0.25, -0.2) is 4.79 Å². The molecule has 0 saturated heterocycles. The first-order valence-corrected chi connectivity index (χ1v) is 6.10. The number of nitriles is 1. The Balaban J connectivity index is 2.42. The highest BCUT2D eigenvalue weighted by Crippen LogP contribution is 2.21. The maximum absolute atomic E-state index is 11.6. The second-order valence-electron chi connectivity index (χ2n) is 3.44. The van der Waals surface area contributed by atoms with Crippen LogP contribution in [0.3, 0.4) is 0 Å². The van der Waals surface area contributed by atoms with Crippen LogP contribution in [0, 0.1) is 11.3 Å². The molecule has 1 aromatic rings. The van der Waals surface area contributed by atoms with Gasteiger partial charge in [0.15, 0.2) is 5.09 Å². The molecule has 0 spiro atoms. The zero-order valence-corrected chi connectivity index (χ0v) is 10.6. The highest BCUT2D eigenvalue weighted by atomic mass is 32.2. The third-order valence-electron chi connectivity index (χ3n) is 2.11. The van der Waals surface area contributed by atoms with E-state index in [1.807, 2.05) is 6.07 Å². The Hall–Kier alpha value is -1.94. The SMILES string of the molecule is CN(CCC#N)C(=O)CSc1ccc(C(=O)O)o1. The third-order valence-corrected chi connectivity index (χ3v) is 3.01. The van der Waals surface area contributed by atoms with Gasteiger partial charge in [0, 0.05) is 13.6 Å². The molecular formula is C11H12N2O4S. The van der Waals surface area contributed by atoms with E-state index in [0.29, 0.717) is 11.6 Å². The average molecular weight is 268 g/mol. The van der Waals surface area contributed by atoms with Crippen molar-refractivity contribution in [3.05, 3.63) is 17.9 Å². The predicted molar refractivity (Wildman–Crippen MR) is 64.3 cm³/mol. The number of carboxylic acids is 1. The Morgan fingerprint density at radius 1 is 1.56 bits per heavy atom. The smallest absolute Gasteiger partial charge is 0.371 e. The van der Waals surface area contributed by atoms with Crippen LogP contribution in [-0.4, -0.2) is 41.2 Å². The van der Waals surface area contributed by atoms with Crippen LogP contribution >= 0.6 is 11.8 Å². The fourth-order valence-electron chi connectivity index (χ4n) is 1.10. The topological polar surface area (TPSA) is 94.5 Å². The number of carbonyl (C=O) groups excluding carboxylic acids is 1. The molecule has 0 aliphatic carbocycles. The van der Waals surface area contributed by atoms with E-state index in [0.717, 1.165) is 11.8 Å². The van der Waals surface area contributed by atoms with E-state index in [1.54, 1.807) is 7.05 Å². The van der Waals surface area contributed by atoms with Gasteiger partial charge in [-0.2, -0.15) is 5.26 Å². The van der Waals surface area contributed by atoms with Gasteiger partial charge in [-0.3, -0.25) is 4.79 Å². The van der Waals surface area contributed by atoms with E-state index in [9.17, 15) is 9.59 Å². The molecule has 1 aromatic heterocycles. The van der Waals surface area contributed by atoms with Gasteiger partial charge in [0.05, 0.1) is 18.2 Å². The van der Waals surface area contributed by atoms with Crippen LogP contribution in [0.2, 0.25) is 0 Å². The molecule has 1 amide bonds. The van der Waals surface area contributed by atoms with Gasteiger partial charge in [0.2, 0.25) is 11.7 Å². The first-order chi connectivity index (χ1) is 8.54. The summed E-state index contributed by atoms with van der Waals surface area (Å²) in [5.41, 5.74) is 0. The van der Waals surface area contributed by atoms with Gasteiger partial charge < -0.3 is 14.4 Å². The second kappa shape index (κ2) is 6.71. The number of rotatable bonds is 6. The summed E-state index contributed by atoms with van der Waals surface area (Å²) in [4.78, 5) is 23.6. The molecule has 1 rings (SSSR count). The Morgan fingerprint density at radius 3 is 2.83 bits per heavy atom. The van der Waals surface area contributed by atoms with Gasteiger partial charge in [-0.15, -0.1) is 0 Å². The van der Waals surface area contributed by atoms with E-state index in [2.05, 4.69) is 0 Å². The second-order valence-corrected chi connectivity index (χ2v) is 4.42. The van der Waals surface area contributed by atoms with Gasteiger partial charge in [-0.1, -0.05) is 11.8 Å². The Morgan fingerprint density at radius 2 is 2.28 bits per heavy atom.